The summed E-state index contributed by atoms with van der Waals surface area (Å²) in [4.78, 5) is 9.67. The second kappa shape index (κ2) is 5.15. The number of fused-ring (bicyclic) bond motifs is 1. The van der Waals surface area contributed by atoms with E-state index in [4.69, 9.17) is 11.6 Å². The van der Waals surface area contributed by atoms with Gasteiger partial charge in [0.1, 0.15) is 9.98 Å². The molecule has 0 atom stereocenters. The zero-order valence-electron chi connectivity index (χ0n) is 10.4. The van der Waals surface area contributed by atoms with Gasteiger partial charge >= 0.3 is 0 Å². The van der Waals surface area contributed by atoms with Crippen molar-refractivity contribution in [2.45, 2.75) is 13.3 Å². The predicted octanol–water partition coefficient (Wildman–Crippen LogP) is 4.65. The monoisotopic (exact) mass is 289 g/mol. The number of hydrogen-bond acceptors (Lipinski definition) is 4. The zero-order chi connectivity index (χ0) is 13.2. The lowest BCUT2D eigenvalue weighted by atomic mass is 10.1. The van der Waals surface area contributed by atoms with Gasteiger partial charge in [-0.15, -0.1) is 11.3 Å². The van der Waals surface area contributed by atoms with Gasteiger partial charge in [0, 0.05) is 11.1 Å². The summed E-state index contributed by atoms with van der Waals surface area (Å²) in [6, 6.07) is 10.1. The summed E-state index contributed by atoms with van der Waals surface area (Å²) in [5.41, 5.74) is 2.26. The number of benzene rings is 1. The van der Waals surface area contributed by atoms with E-state index in [1.165, 1.54) is 5.56 Å². The Balaban J connectivity index is 2.01. The van der Waals surface area contributed by atoms with E-state index in [1.54, 1.807) is 11.3 Å². The van der Waals surface area contributed by atoms with Crippen LogP contribution in [0, 0.1) is 0 Å². The van der Waals surface area contributed by atoms with Crippen molar-refractivity contribution >= 4 is 44.8 Å². The van der Waals surface area contributed by atoms with Gasteiger partial charge in [-0.2, -0.15) is 0 Å². The van der Waals surface area contributed by atoms with Crippen LogP contribution in [0.2, 0.25) is 5.15 Å². The molecule has 0 aliphatic heterocycles. The van der Waals surface area contributed by atoms with Gasteiger partial charge in [0.15, 0.2) is 0 Å². The maximum atomic E-state index is 6.16. The molecule has 0 saturated carbocycles. The van der Waals surface area contributed by atoms with Crippen LogP contribution < -0.4 is 5.32 Å². The number of rotatable bonds is 3. The maximum absolute atomic E-state index is 6.16. The Bertz CT molecular complexity index is 724. The summed E-state index contributed by atoms with van der Waals surface area (Å²) >= 11 is 7.72. The fourth-order valence-electron chi connectivity index (χ4n) is 1.95. The number of halogens is 1. The van der Waals surface area contributed by atoms with Crippen molar-refractivity contribution in [2.24, 2.45) is 0 Å². The highest BCUT2D eigenvalue weighted by Crippen LogP contribution is 2.27. The number of anilines is 2. The summed E-state index contributed by atoms with van der Waals surface area (Å²) in [5.74, 6) is 0.542. The van der Waals surface area contributed by atoms with Crippen molar-refractivity contribution in [2.75, 3.05) is 5.32 Å². The van der Waals surface area contributed by atoms with Gasteiger partial charge in [0.2, 0.25) is 5.95 Å². The van der Waals surface area contributed by atoms with Crippen LogP contribution in [0.4, 0.5) is 11.6 Å². The van der Waals surface area contributed by atoms with Crippen LogP contribution in [0.1, 0.15) is 12.5 Å². The number of hydrogen-bond donors (Lipinski definition) is 1. The number of aromatic nitrogens is 2. The molecule has 3 nitrogen and oxygen atoms in total. The number of thiophene rings is 1. The average Bonchev–Trinajstić information content (AvgIpc) is 2.88. The Kier molecular flexibility index (Phi) is 3.36. The zero-order valence-corrected chi connectivity index (χ0v) is 11.9. The van der Waals surface area contributed by atoms with Gasteiger partial charge in [0.05, 0.1) is 0 Å². The van der Waals surface area contributed by atoms with Crippen LogP contribution in [-0.2, 0) is 6.42 Å². The smallest absolute Gasteiger partial charge is 0.230 e. The molecule has 0 bridgehead atoms. The minimum Gasteiger partial charge on any atom is -0.324 e. The van der Waals surface area contributed by atoms with Gasteiger partial charge in [-0.3, -0.25) is 0 Å². The van der Waals surface area contributed by atoms with Crippen LogP contribution in [0.25, 0.3) is 10.2 Å². The highest BCUT2D eigenvalue weighted by atomic mass is 35.5. The summed E-state index contributed by atoms with van der Waals surface area (Å²) < 4.78 is 0. The van der Waals surface area contributed by atoms with Gasteiger partial charge in [-0.25, -0.2) is 9.97 Å². The lowest BCUT2D eigenvalue weighted by Gasteiger charge is -2.09. The van der Waals surface area contributed by atoms with Crippen molar-refractivity contribution in [1.82, 2.24) is 9.97 Å². The number of para-hydroxylation sites is 1. The fraction of sp³-hybridized carbons (Fsp3) is 0.143. The van der Waals surface area contributed by atoms with Crippen LogP contribution >= 0.6 is 22.9 Å². The number of nitrogens with zero attached hydrogens (tertiary/aromatic N) is 2. The Hall–Kier alpha value is -1.65. The van der Waals surface area contributed by atoms with Crippen LogP contribution in [0.3, 0.4) is 0 Å². The fourth-order valence-corrected chi connectivity index (χ4v) is 3.00. The average molecular weight is 290 g/mol. The molecule has 5 heteroatoms. The van der Waals surface area contributed by atoms with Crippen LogP contribution in [0.5, 0.6) is 0 Å². The molecule has 0 unspecified atom stereocenters. The van der Waals surface area contributed by atoms with E-state index in [2.05, 4.69) is 28.3 Å². The molecule has 0 spiro atoms. The molecule has 96 valence electrons. The first-order valence-electron chi connectivity index (χ1n) is 6.03. The van der Waals surface area contributed by atoms with Crippen molar-refractivity contribution in [1.29, 1.82) is 0 Å². The SMILES string of the molecule is CCc1ccccc1Nc1nc(Cl)c2ccsc2n1. The lowest BCUT2D eigenvalue weighted by molar-refractivity contribution is 1.13. The van der Waals surface area contributed by atoms with Gasteiger partial charge < -0.3 is 5.32 Å². The Morgan fingerprint density at radius 1 is 1.21 bits per heavy atom. The molecule has 0 radical (unpaired) electrons. The molecule has 3 rings (SSSR count). The maximum Gasteiger partial charge on any atom is 0.230 e. The summed E-state index contributed by atoms with van der Waals surface area (Å²) in [6.07, 6.45) is 0.956. The minimum atomic E-state index is 0.489. The van der Waals surface area contributed by atoms with Gasteiger partial charge in [-0.1, -0.05) is 36.7 Å². The van der Waals surface area contributed by atoms with E-state index in [1.807, 2.05) is 29.6 Å². The summed E-state index contributed by atoms with van der Waals surface area (Å²) in [6.45, 7) is 2.12. The molecular weight excluding hydrogens is 278 g/mol. The molecule has 0 fully saturated rings. The van der Waals surface area contributed by atoms with E-state index in [0.29, 0.717) is 11.1 Å². The third-order valence-corrected chi connectivity index (χ3v) is 4.02. The minimum absolute atomic E-state index is 0.489. The molecule has 0 aliphatic rings. The second-order valence-corrected chi connectivity index (χ2v) is 5.37. The van der Waals surface area contributed by atoms with Crippen molar-refractivity contribution in [3.63, 3.8) is 0 Å². The normalized spacial score (nSPS) is 10.8. The van der Waals surface area contributed by atoms with Gasteiger partial charge in [-0.05, 0) is 29.5 Å². The standard InChI is InChI=1S/C14H12ClN3S/c1-2-9-5-3-4-6-11(9)16-14-17-12(15)10-7-8-19-13(10)18-14/h3-8H,2H2,1H3,(H,16,17,18). The molecular formula is C14H12ClN3S. The van der Waals surface area contributed by atoms with Crippen molar-refractivity contribution in [3.8, 4) is 0 Å². The number of aryl methyl sites for hydroxylation is 1. The quantitative estimate of drug-likeness (QED) is 0.713. The highest BCUT2D eigenvalue weighted by Gasteiger charge is 2.08. The predicted molar refractivity (Wildman–Crippen MR) is 81.5 cm³/mol. The lowest BCUT2D eigenvalue weighted by Crippen LogP contribution is -1.99. The van der Waals surface area contributed by atoms with Crippen molar-refractivity contribution in [3.05, 3.63) is 46.4 Å². The third kappa shape index (κ3) is 2.41. The first kappa shape index (κ1) is 12.4. The molecule has 19 heavy (non-hydrogen) atoms. The molecule has 1 N–H and O–H groups in total. The summed E-state index contributed by atoms with van der Waals surface area (Å²) in [5, 5.41) is 6.61. The van der Waals surface area contributed by atoms with E-state index in [-0.39, 0.29) is 0 Å². The first-order valence-corrected chi connectivity index (χ1v) is 7.29. The Labute approximate surface area is 120 Å². The van der Waals surface area contributed by atoms with Crippen molar-refractivity contribution < 1.29 is 0 Å². The highest BCUT2D eigenvalue weighted by molar-refractivity contribution is 7.16. The molecule has 0 amide bonds. The molecule has 3 aromatic rings. The molecule has 2 aromatic heterocycles. The summed E-state index contributed by atoms with van der Waals surface area (Å²) in [7, 11) is 0. The first-order chi connectivity index (χ1) is 9.28. The van der Waals surface area contributed by atoms with E-state index >= 15 is 0 Å². The van der Waals surface area contributed by atoms with E-state index in [0.717, 1.165) is 22.3 Å². The van der Waals surface area contributed by atoms with E-state index in [9.17, 15) is 0 Å². The molecule has 1 aromatic carbocycles. The topological polar surface area (TPSA) is 37.8 Å². The van der Waals surface area contributed by atoms with Crippen LogP contribution in [0.15, 0.2) is 35.7 Å². The Morgan fingerprint density at radius 3 is 2.89 bits per heavy atom. The second-order valence-electron chi connectivity index (χ2n) is 4.11. The van der Waals surface area contributed by atoms with Gasteiger partial charge in [0.25, 0.3) is 0 Å². The largest absolute Gasteiger partial charge is 0.324 e. The van der Waals surface area contributed by atoms with Crippen LogP contribution in [-0.4, -0.2) is 9.97 Å². The van der Waals surface area contributed by atoms with E-state index < -0.39 is 0 Å². The Morgan fingerprint density at radius 2 is 2.05 bits per heavy atom. The number of nitrogens with one attached hydrogen (secondary N) is 1. The third-order valence-electron chi connectivity index (χ3n) is 2.92. The molecule has 0 aliphatic carbocycles. The molecule has 2 heterocycles. The molecule has 0 saturated heterocycles.